The maximum atomic E-state index is 12.9. The molecule has 6 N–H and O–H groups in total. The van der Waals surface area contributed by atoms with Crippen LogP contribution in [-0.2, 0) is 14.3 Å². The van der Waals surface area contributed by atoms with Crippen molar-refractivity contribution >= 4 is 5.91 Å². The van der Waals surface area contributed by atoms with E-state index >= 15 is 0 Å². The lowest BCUT2D eigenvalue weighted by atomic mass is 9.99. The van der Waals surface area contributed by atoms with E-state index in [9.17, 15) is 30.3 Å². The molecule has 0 aromatic rings. The third kappa shape index (κ3) is 27.6. The van der Waals surface area contributed by atoms with E-state index < -0.39 is 49.5 Å². The van der Waals surface area contributed by atoms with Crippen LogP contribution in [0.1, 0.15) is 194 Å². The number of unbranched alkanes of at least 4 members (excludes halogenated alkanes) is 23. The molecular formula is C46H85NO8. The molecule has 0 aromatic carbocycles. The number of allylic oxidation sites excluding steroid dienone is 5. The van der Waals surface area contributed by atoms with Crippen LogP contribution in [0.4, 0.5) is 0 Å². The molecule has 1 aliphatic heterocycles. The Bertz CT molecular complexity index is 956. The predicted octanol–water partition coefficient (Wildman–Crippen LogP) is 9.28. The van der Waals surface area contributed by atoms with E-state index in [4.69, 9.17) is 9.47 Å². The van der Waals surface area contributed by atoms with Crippen LogP contribution in [0.2, 0.25) is 0 Å². The van der Waals surface area contributed by atoms with Gasteiger partial charge in [-0.3, -0.25) is 4.79 Å². The van der Waals surface area contributed by atoms with Crippen LogP contribution in [0.25, 0.3) is 0 Å². The number of aliphatic hydroxyl groups excluding tert-OH is 5. The number of amides is 1. The van der Waals surface area contributed by atoms with Crippen molar-refractivity contribution in [2.75, 3.05) is 13.2 Å². The first kappa shape index (κ1) is 51.4. The van der Waals surface area contributed by atoms with Crippen molar-refractivity contribution in [3.63, 3.8) is 0 Å². The van der Waals surface area contributed by atoms with Gasteiger partial charge in [-0.15, -0.1) is 0 Å². The average Bonchev–Trinajstić information content (AvgIpc) is 3.18. The molecule has 0 saturated carbocycles. The van der Waals surface area contributed by atoms with Gasteiger partial charge in [0.25, 0.3) is 0 Å². The largest absolute Gasteiger partial charge is 0.394 e. The van der Waals surface area contributed by atoms with Crippen LogP contribution in [0.5, 0.6) is 0 Å². The minimum Gasteiger partial charge on any atom is -0.394 e. The fourth-order valence-electron chi connectivity index (χ4n) is 7.00. The summed E-state index contributed by atoms with van der Waals surface area (Å²) in [4.78, 5) is 12.9. The van der Waals surface area contributed by atoms with Crippen molar-refractivity contribution in [2.45, 2.75) is 236 Å². The van der Waals surface area contributed by atoms with Crippen LogP contribution in [0.15, 0.2) is 36.5 Å². The normalized spacial score (nSPS) is 21.6. The number of hydrogen-bond acceptors (Lipinski definition) is 8. The first-order valence-electron chi connectivity index (χ1n) is 22.7. The van der Waals surface area contributed by atoms with Crippen LogP contribution < -0.4 is 5.32 Å². The Hall–Kier alpha value is -1.59. The maximum Gasteiger partial charge on any atom is 0.220 e. The van der Waals surface area contributed by atoms with E-state index in [1.165, 1.54) is 128 Å². The number of rotatable bonds is 37. The lowest BCUT2D eigenvalue weighted by Crippen LogP contribution is -2.60. The van der Waals surface area contributed by atoms with E-state index in [-0.39, 0.29) is 12.5 Å². The second-order valence-corrected chi connectivity index (χ2v) is 15.8. The van der Waals surface area contributed by atoms with Gasteiger partial charge >= 0.3 is 0 Å². The first-order chi connectivity index (χ1) is 26.8. The third-order valence-electron chi connectivity index (χ3n) is 10.7. The summed E-state index contributed by atoms with van der Waals surface area (Å²) in [5.74, 6) is -0.192. The van der Waals surface area contributed by atoms with Crippen molar-refractivity contribution in [1.82, 2.24) is 5.32 Å². The van der Waals surface area contributed by atoms with Gasteiger partial charge in [0.2, 0.25) is 5.91 Å². The standard InChI is InChI=1S/C46H85NO8/c1-3-5-7-9-11-12-13-14-15-16-17-18-19-20-21-22-23-24-25-26-27-28-30-32-34-36-42(50)47-39(40(49)35-33-31-29-10-8-6-4-2)38-54-46-45(53)44(52)43(51)41(37-48)55-46/h8,10,16-17,33,35,39-41,43-46,48-49,51-53H,3-7,9,11-15,18-32,34,36-38H2,1-2H3,(H,47,50)/b10-8+,17-16-,35-33+. The summed E-state index contributed by atoms with van der Waals surface area (Å²) in [7, 11) is 0. The molecule has 0 aliphatic carbocycles. The molecule has 0 radical (unpaired) electrons. The molecule has 1 rings (SSSR count). The molecule has 1 fully saturated rings. The lowest BCUT2D eigenvalue weighted by molar-refractivity contribution is -0.302. The number of carbonyl (C=O) groups is 1. The third-order valence-corrected chi connectivity index (χ3v) is 10.7. The molecule has 7 atom stereocenters. The number of ether oxygens (including phenoxy) is 2. The maximum absolute atomic E-state index is 12.9. The van der Waals surface area contributed by atoms with Crippen LogP contribution >= 0.6 is 0 Å². The summed E-state index contributed by atoms with van der Waals surface area (Å²) in [6.45, 7) is 3.64. The summed E-state index contributed by atoms with van der Waals surface area (Å²) in [5.41, 5.74) is 0. The molecule has 1 saturated heterocycles. The highest BCUT2D eigenvalue weighted by Crippen LogP contribution is 2.22. The highest BCUT2D eigenvalue weighted by atomic mass is 16.7. The molecule has 55 heavy (non-hydrogen) atoms. The molecule has 7 unspecified atom stereocenters. The Morgan fingerprint density at radius 2 is 1.07 bits per heavy atom. The number of hydrogen-bond donors (Lipinski definition) is 6. The Morgan fingerprint density at radius 3 is 1.60 bits per heavy atom. The van der Waals surface area contributed by atoms with Crippen LogP contribution in [-0.4, -0.2) is 87.5 Å². The highest BCUT2D eigenvalue weighted by Gasteiger charge is 2.44. The van der Waals surface area contributed by atoms with Gasteiger partial charge in [-0.2, -0.15) is 0 Å². The van der Waals surface area contributed by atoms with Gasteiger partial charge in [-0.25, -0.2) is 0 Å². The molecule has 0 aromatic heterocycles. The zero-order chi connectivity index (χ0) is 40.2. The predicted molar refractivity (Wildman–Crippen MR) is 226 cm³/mol. The lowest BCUT2D eigenvalue weighted by Gasteiger charge is -2.40. The van der Waals surface area contributed by atoms with Crippen molar-refractivity contribution < 1.29 is 39.8 Å². The summed E-state index contributed by atoms with van der Waals surface area (Å²) in [6, 6.07) is -0.817. The highest BCUT2D eigenvalue weighted by molar-refractivity contribution is 5.76. The van der Waals surface area contributed by atoms with Crippen molar-refractivity contribution in [1.29, 1.82) is 0 Å². The van der Waals surface area contributed by atoms with Gasteiger partial charge in [-0.1, -0.05) is 172 Å². The number of carbonyl (C=O) groups excluding carboxylic acids is 1. The molecule has 9 heteroatoms. The number of aliphatic hydroxyl groups is 5. The molecule has 1 heterocycles. The Balaban J connectivity index is 2.17. The molecule has 0 bridgehead atoms. The topological polar surface area (TPSA) is 149 Å². The van der Waals surface area contributed by atoms with Gasteiger partial charge in [0.15, 0.2) is 6.29 Å². The fraction of sp³-hybridized carbons (Fsp3) is 0.848. The molecule has 322 valence electrons. The van der Waals surface area contributed by atoms with Crippen molar-refractivity contribution in [2.24, 2.45) is 0 Å². The summed E-state index contributed by atoms with van der Waals surface area (Å²) in [6.07, 6.45) is 38.1. The first-order valence-corrected chi connectivity index (χ1v) is 22.7. The van der Waals surface area contributed by atoms with E-state index in [1.54, 1.807) is 6.08 Å². The zero-order valence-corrected chi connectivity index (χ0v) is 35.2. The van der Waals surface area contributed by atoms with Crippen LogP contribution in [0.3, 0.4) is 0 Å². The van der Waals surface area contributed by atoms with Gasteiger partial charge in [0.1, 0.15) is 24.4 Å². The van der Waals surface area contributed by atoms with E-state index in [1.807, 2.05) is 6.08 Å². The van der Waals surface area contributed by atoms with E-state index in [2.05, 4.69) is 43.5 Å². The van der Waals surface area contributed by atoms with E-state index in [0.717, 1.165) is 44.9 Å². The van der Waals surface area contributed by atoms with E-state index in [0.29, 0.717) is 6.42 Å². The Kier molecular flexibility index (Phi) is 34.3. The second-order valence-electron chi connectivity index (χ2n) is 15.8. The average molecular weight is 780 g/mol. The van der Waals surface area contributed by atoms with Crippen LogP contribution in [0, 0.1) is 0 Å². The summed E-state index contributed by atoms with van der Waals surface area (Å²) in [5, 5.41) is 53.8. The molecule has 1 amide bonds. The Morgan fingerprint density at radius 1 is 0.600 bits per heavy atom. The van der Waals surface area contributed by atoms with Gasteiger partial charge in [0, 0.05) is 6.42 Å². The van der Waals surface area contributed by atoms with Gasteiger partial charge in [-0.05, 0) is 51.4 Å². The fourth-order valence-corrected chi connectivity index (χ4v) is 7.00. The quantitative estimate of drug-likeness (QED) is 0.0270. The summed E-state index contributed by atoms with van der Waals surface area (Å²) < 4.78 is 11.1. The monoisotopic (exact) mass is 780 g/mol. The van der Waals surface area contributed by atoms with Crippen molar-refractivity contribution in [3.8, 4) is 0 Å². The molecule has 1 aliphatic rings. The summed E-state index contributed by atoms with van der Waals surface area (Å²) >= 11 is 0. The molecule has 0 spiro atoms. The number of nitrogens with one attached hydrogen (secondary N) is 1. The Labute approximate surface area is 336 Å². The zero-order valence-electron chi connectivity index (χ0n) is 35.2. The van der Waals surface area contributed by atoms with Gasteiger partial charge < -0.3 is 40.3 Å². The van der Waals surface area contributed by atoms with Crippen molar-refractivity contribution in [3.05, 3.63) is 36.5 Å². The minimum atomic E-state index is -1.57. The minimum absolute atomic E-state index is 0.192. The molecular weight excluding hydrogens is 695 g/mol. The SMILES string of the molecule is CCC/C=C/CC/C=C/C(O)C(COC1OC(CO)C(O)C(O)C1O)NC(=O)CCCCCCCCCCCCCCC/C=C\CCCCCCCCCC. The second kappa shape index (κ2) is 36.7. The molecule has 9 nitrogen and oxygen atoms in total. The van der Waals surface area contributed by atoms with Gasteiger partial charge in [0.05, 0.1) is 25.4 Å². The smallest absolute Gasteiger partial charge is 0.220 e.